The van der Waals surface area contributed by atoms with E-state index in [0.717, 1.165) is 22.2 Å². The summed E-state index contributed by atoms with van der Waals surface area (Å²) in [6.07, 6.45) is 2.68. The van der Waals surface area contributed by atoms with Crippen LogP contribution in [-0.4, -0.2) is 19.1 Å². The van der Waals surface area contributed by atoms with Gasteiger partial charge in [0.05, 0.1) is 7.11 Å². The molecule has 0 saturated carbocycles. The fraction of sp³-hybridized carbons (Fsp3) is 0.312. The van der Waals surface area contributed by atoms with Gasteiger partial charge in [0.15, 0.2) is 0 Å². The standard InChI is InChI=1S/C16H17BrN2O2/c1-18-13-8-14(10-3-6-16(20-2)19-9-10)21-15-7-11(17)4-5-12(13)15/h3-7,9,13-14,18H,8H2,1-2H3. The Bertz CT molecular complexity index is 631. The van der Waals surface area contributed by atoms with E-state index in [4.69, 9.17) is 9.47 Å². The Hall–Kier alpha value is -1.59. The summed E-state index contributed by atoms with van der Waals surface area (Å²) in [6, 6.07) is 10.3. The smallest absolute Gasteiger partial charge is 0.212 e. The normalized spacial score (nSPS) is 20.5. The van der Waals surface area contributed by atoms with E-state index < -0.39 is 0 Å². The second-order valence-corrected chi connectivity index (χ2v) is 5.92. The van der Waals surface area contributed by atoms with Crippen molar-refractivity contribution in [3.05, 3.63) is 52.1 Å². The Balaban J connectivity index is 1.91. The van der Waals surface area contributed by atoms with Crippen molar-refractivity contribution in [2.45, 2.75) is 18.6 Å². The summed E-state index contributed by atoms with van der Waals surface area (Å²) >= 11 is 3.50. The summed E-state index contributed by atoms with van der Waals surface area (Å²) in [5.74, 6) is 1.53. The van der Waals surface area contributed by atoms with Crippen molar-refractivity contribution in [2.75, 3.05) is 14.2 Å². The van der Waals surface area contributed by atoms with Gasteiger partial charge in [0, 0.05) is 40.3 Å². The third-order valence-electron chi connectivity index (χ3n) is 3.76. The fourth-order valence-corrected chi connectivity index (χ4v) is 2.96. The average molecular weight is 349 g/mol. The highest BCUT2D eigenvalue weighted by atomic mass is 79.9. The van der Waals surface area contributed by atoms with Crippen molar-refractivity contribution in [3.63, 3.8) is 0 Å². The Morgan fingerprint density at radius 1 is 1.33 bits per heavy atom. The molecule has 0 fully saturated rings. The molecule has 0 radical (unpaired) electrons. The molecular weight excluding hydrogens is 332 g/mol. The van der Waals surface area contributed by atoms with Crippen LogP contribution < -0.4 is 14.8 Å². The number of nitrogens with zero attached hydrogens (tertiary/aromatic N) is 1. The largest absolute Gasteiger partial charge is 0.485 e. The highest BCUT2D eigenvalue weighted by Crippen LogP contribution is 2.41. The maximum atomic E-state index is 6.15. The molecule has 110 valence electrons. The van der Waals surface area contributed by atoms with Crippen molar-refractivity contribution in [3.8, 4) is 11.6 Å². The van der Waals surface area contributed by atoms with Gasteiger partial charge >= 0.3 is 0 Å². The van der Waals surface area contributed by atoms with Crippen molar-refractivity contribution in [1.82, 2.24) is 10.3 Å². The molecule has 21 heavy (non-hydrogen) atoms. The topological polar surface area (TPSA) is 43.4 Å². The van der Waals surface area contributed by atoms with Gasteiger partial charge in [-0.2, -0.15) is 0 Å². The molecule has 2 atom stereocenters. The van der Waals surface area contributed by atoms with Crippen LogP contribution in [0.2, 0.25) is 0 Å². The minimum Gasteiger partial charge on any atom is -0.485 e. The number of hydrogen-bond acceptors (Lipinski definition) is 4. The third kappa shape index (κ3) is 2.89. The van der Waals surface area contributed by atoms with Crippen LogP contribution >= 0.6 is 15.9 Å². The summed E-state index contributed by atoms with van der Waals surface area (Å²) in [6.45, 7) is 0. The Morgan fingerprint density at radius 3 is 2.86 bits per heavy atom. The van der Waals surface area contributed by atoms with Crippen LogP contribution in [-0.2, 0) is 0 Å². The lowest BCUT2D eigenvalue weighted by Gasteiger charge is -2.32. The quantitative estimate of drug-likeness (QED) is 0.919. The number of ether oxygens (including phenoxy) is 2. The number of halogens is 1. The predicted octanol–water partition coefficient (Wildman–Crippen LogP) is 3.64. The second kappa shape index (κ2) is 6.03. The summed E-state index contributed by atoms with van der Waals surface area (Å²) < 4.78 is 12.3. The fourth-order valence-electron chi connectivity index (χ4n) is 2.62. The van der Waals surface area contributed by atoms with Crippen molar-refractivity contribution in [2.24, 2.45) is 0 Å². The van der Waals surface area contributed by atoms with E-state index >= 15 is 0 Å². The number of hydrogen-bond donors (Lipinski definition) is 1. The number of nitrogens with one attached hydrogen (secondary N) is 1. The average Bonchev–Trinajstić information content (AvgIpc) is 2.53. The lowest BCUT2D eigenvalue weighted by Crippen LogP contribution is -2.26. The zero-order valence-electron chi connectivity index (χ0n) is 12.0. The molecule has 1 N–H and O–H groups in total. The molecule has 5 heteroatoms. The van der Waals surface area contributed by atoms with Gasteiger partial charge in [-0.15, -0.1) is 0 Å². The van der Waals surface area contributed by atoms with Crippen LogP contribution in [0.25, 0.3) is 0 Å². The molecule has 2 heterocycles. The van der Waals surface area contributed by atoms with E-state index in [1.165, 1.54) is 5.56 Å². The molecule has 1 aliphatic rings. The first kappa shape index (κ1) is 14.4. The van der Waals surface area contributed by atoms with Gasteiger partial charge in [-0.3, -0.25) is 0 Å². The minimum atomic E-state index is -0.0114. The number of pyridine rings is 1. The number of benzene rings is 1. The van der Waals surface area contributed by atoms with Crippen LogP contribution in [0.4, 0.5) is 0 Å². The maximum Gasteiger partial charge on any atom is 0.212 e. The molecule has 2 aromatic rings. The van der Waals surface area contributed by atoms with E-state index in [0.29, 0.717) is 5.88 Å². The predicted molar refractivity (Wildman–Crippen MR) is 84.7 cm³/mol. The van der Waals surface area contributed by atoms with Gasteiger partial charge in [0.1, 0.15) is 11.9 Å². The Kier molecular flexibility index (Phi) is 4.12. The molecular formula is C16H17BrN2O2. The van der Waals surface area contributed by atoms with Crippen LogP contribution in [0.3, 0.4) is 0 Å². The molecule has 0 saturated heterocycles. The van der Waals surface area contributed by atoms with Crippen LogP contribution in [0.5, 0.6) is 11.6 Å². The first-order chi connectivity index (χ1) is 10.2. The van der Waals surface area contributed by atoms with Crippen molar-refractivity contribution >= 4 is 15.9 Å². The molecule has 0 amide bonds. The van der Waals surface area contributed by atoms with Gasteiger partial charge in [-0.25, -0.2) is 4.98 Å². The molecule has 1 aromatic carbocycles. The maximum absolute atomic E-state index is 6.15. The number of methoxy groups -OCH3 is 1. The van der Waals surface area contributed by atoms with Crippen LogP contribution in [0, 0.1) is 0 Å². The number of aromatic nitrogens is 1. The van der Waals surface area contributed by atoms with Crippen molar-refractivity contribution < 1.29 is 9.47 Å². The lowest BCUT2D eigenvalue weighted by atomic mass is 9.94. The molecule has 1 aromatic heterocycles. The molecule has 4 nitrogen and oxygen atoms in total. The Morgan fingerprint density at radius 2 is 2.19 bits per heavy atom. The zero-order valence-corrected chi connectivity index (χ0v) is 13.6. The van der Waals surface area contributed by atoms with Gasteiger partial charge in [0.25, 0.3) is 0 Å². The number of rotatable bonds is 3. The van der Waals surface area contributed by atoms with Gasteiger partial charge in [-0.05, 0) is 25.2 Å². The van der Waals surface area contributed by atoms with E-state index in [1.807, 2.05) is 37.5 Å². The zero-order chi connectivity index (χ0) is 14.8. The second-order valence-electron chi connectivity index (χ2n) is 5.00. The molecule has 2 unspecified atom stereocenters. The van der Waals surface area contributed by atoms with Gasteiger partial charge in [-0.1, -0.05) is 22.0 Å². The first-order valence-corrected chi connectivity index (χ1v) is 7.64. The molecule has 0 aliphatic carbocycles. The summed E-state index contributed by atoms with van der Waals surface area (Å²) in [5, 5.41) is 3.36. The van der Waals surface area contributed by atoms with E-state index in [9.17, 15) is 0 Å². The Labute approximate surface area is 132 Å². The van der Waals surface area contributed by atoms with E-state index in [-0.39, 0.29) is 12.1 Å². The van der Waals surface area contributed by atoms with Gasteiger partial charge < -0.3 is 14.8 Å². The summed E-state index contributed by atoms with van der Waals surface area (Å²) in [4.78, 5) is 4.26. The van der Waals surface area contributed by atoms with Crippen LogP contribution in [0.15, 0.2) is 41.0 Å². The first-order valence-electron chi connectivity index (χ1n) is 6.84. The molecule has 1 aliphatic heterocycles. The van der Waals surface area contributed by atoms with Crippen LogP contribution in [0.1, 0.15) is 29.7 Å². The highest BCUT2D eigenvalue weighted by molar-refractivity contribution is 9.10. The minimum absolute atomic E-state index is 0.0114. The number of fused-ring (bicyclic) bond motifs is 1. The van der Waals surface area contributed by atoms with E-state index in [1.54, 1.807) is 7.11 Å². The van der Waals surface area contributed by atoms with E-state index in [2.05, 4.69) is 32.3 Å². The molecule has 0 spiro atoms. The summed E-state index contributed by atoms with van der Waals surface area (Å²) in [7, 11) is 3.59. The SMILES string of the molecule is CNC1CC(c2ccc(OC)nc2)Oc2cc(Br)ccc21. The molecule has 3 rings (SSSR count). The van der Waals surface area contributed by atoms with Gasteiger partial charge in [0.2, 0.25) is 5.88 Å². The van der Waals surface area contributed by atoms with Crippen molar-refractivity contribution in [1.29, 1.82) is 0 Å². The monoisotopic (exact) mass is 348 g/mol. The lowest BCUT2D eigenvalue weighted by molar-refractivity contribution is 0.153. The highest BCUT2D eigenvalue weighted by Gasteiger charge is 2.28. The molecule has 0 bridgehead atoms. The summed E-state index contributed by atoms with van der Waals surface area (Å²) in [5.41, 5.74) is 2.25. The third-order valence-corrected chi connectivity index (χ3v) is 4.25.